The number of methoxy groups -OCH3 is 1. The van der Waals surface area contributed by atoms with Crippen LogP contribution in [0.15, 0.2) is 30.5 Å². The van der Waals surface area contributed by atoms with Gasteiger partial charge in [0.05, 0.1) is 13.7 Å². The number of ether oxygens (including phenoxy) is 1. The molecular formula is C20H24FN3O3. The summed E-state index contributed by atoms with van der Waals surface area (Å²) in [5.41, 5.74) is 1.67. The molecule has 1 aromatic carbocycles. The molecule has 0 spiro atoms. The summed E-state index contributed by atoms with van der Waals surface area (Å²) < 4.78 is 18.7. The van der Waals surface area contributed by atoms with Gasteiger partial charge in [-0.1, -0.05) is 6.07 Å². The Morgan fingerprint density at radius 2 is 2.00 bits per heavy atom. The van der Waals surface area contributed by atoms with Gasteiger partial charge in [0.1, 0.15) is 5.69 Å². The highest BCUT2D eigenvalue weighted by Crippen LogP contribution is 2.19. The number of aromatic nitrogens is 1. The Morgan fingerprint density at radius 3 is 2.67 bits per heavy atom. The summed E-state index contributed by atoms with van der Waals surface area (Å²) in [4.78, 5) is 31.4. The lowest BCUT2D eigenvalue weighted by atomic mass is 10.1. The average molecular weight is 373 g/mol. The number of nitrogens with one attached hydrogen (secondary N) is 1. The van der Waals surface area contributed by atoms with E-state index in [0.717, 1.165) is 31.5 Å². The molecule has 2 heterocycles. The summed E-state index contributed by atoms with van der Waals surface area (Å²) in [5.74, 6) is -0.387. The van der Waals surface area contributed by atoms with Crippen molar-refractivity contribution >= 4 is 11.7 Å². The van der Waals surface area contributed by atoms with Gasteiger partial charge in [-0.3, -0.25) is 14.5 Å². The number of carbonyl (C=O) groups is 2. The molecule has 3 rings (SSSR count). The lowest BCUT2D eigenvalue weighted by molar-refractivity contribution is 0.0787. The maximum Gasteiger partial charge on any atom is 0.270 e. The number of nitrogens with zero attached hydrogens (tertiary/aromatic N) is 2. The van der Waals surface area contributed by atoms with E-state index in [9.17, 15) is 14.0 Å². The molecule has 7 heteroatoms. The number of halogens is 1. The van der Waals surface area contributed by atoms with Crippen LogP contribution in [0.2, 0.25) is 0 Å². The Labute approximate surface area is 157 Å². The molecule has 0 bridgehead atoms. The first-order valence-corrected chi connectivity index (χ1v) is 9.00. The normalized spacial score (nSPS) is 14.0. The lowest BCUT2D eigenvalue weighted by Gasteiger charge is -2.16. The Balaban J connectivity index is 1.58. The van der Waals surface area contributed by atoms with Crippen molar-refractivity contribution < 1.29 is 18.7 Å². The number of ketones is 1. The first-order valence-electron chi connectivity index (χ1n) is 9.00. The molecule has 0 atom stereocenters. The first kappa shape index (κ1) is 19.1. The van der Waals surface area contributed by atoms with Crippen LogP contribution >= 0.6 is 0 Å². The minimum Gasteiger partial charge on any atom is -0.494 e. The molecule has 1 aromatic heterocycles. The Bertz CT molecular complexity index is 828. The van der Waals surface area contributed by atoms with Crippen LogP contribution in [0.1, 0.15) is 39.3 Å². The topological polar surface area (TPSA) is 65.6 Å². The highest BCUT2D eigenvalue weighted by atomic mass is 19.1. The second kappa shape index (κ2) is 8.35. The van der Waals surface area contributed by atoms with Crippen molar-refractivity contribution in [2.45, 2.75) is 19.4 Å². The fraction of sp³-hybridized carbons (Fsp3) is 0.400. The number of hydrogen-bond acceptors (Lipinski definition) is 4. The Morgan fingerprint density at radius 1 is 1.26 bits per heavy atom. The molecule has 0 unspecified atom stereocenters. The molecule has 27 heavy (non-hydrogen) atoms. The molecule has 1 fully saturated rings. The van der Waals surface area contributed by atoms with Crippen LogP contribution in [0.25, 0.3) is 0 Å². The lowest BCUT2D eigenvalue weighted by Crippen LogP contribution is -2.28. The minimum atomic E-state index is -0.426. The molecule has 1 aliphatic rings. The van der Waals surface area contributed by atoms with E-state index < -0.39 is 5.82 Å². The number of Topliss-reactive ketones (excluding diaryl/α,β-unsaturated/α-hetero) is 1. The van der Waals surface area contributed by atoms with Crippen molar-refractivity contribution in [3.8, 4) is 5.75 Å². The van der Waals surface area contributed by atoms with E-state index in [1.54, 1.807) is 41.2 Å². The number of H-pyrrole nitrogens is 1. The maximum absolute atomic E-state index is 13.8. The first-order chi connectivity index (χ1) is 13.0. The van der Waals surface area contributed by atoms with E-state index in [0.29, 0.717) is 17.8 Å². The van der Waals surface area contributed by atoms with Crippen LogP contribution in [0.3, 0.4) is 0 Å². The van der Waals surface area contributed by atoms with Gasteiger partial charge >= 0.3 is 0 Å². The van der Waals surface area contributed by atoms with E-state index in [-0.39, 0.29) is 24.0 Å². The molecule has 2 aromatic rings. The van der Waals surface area contributed by atoms with Gasteiger partial charge in [0.15, 0.2) is 17.3 Å². The SMILES string of the molecule is COc1ccc(CN(C)CC(=O)c2c[nH]c(C(=O)N3CCCC3)c2)cc1F. The molecule has 1 N–H and O–H groups in total. The van der Waals surface area contributed by atoms with E-state index in [1.165, 1.54) is 13.2 Å². The molecule has 1 amide bonds. The summed E-state index contributed by atoms with van der Waals surface area (Å²) in [7, 11) is 3.21. The molecule has 6 nitrogen and oxygen atoms in total. The van der Waals surface area contributed by atoms with Crippen molar-refractivity contribution in [3.63, 3.8) is 0 Å². The third-order valence-corrected chi connectivity index (χ3v) is 4.71. The molecule has 1 aliphatic heterocycles. The zero-order valence-electron chi connectivity index (χ0n) is 15.6. The maximum atomic E-state index is 13.8. The number of aromatic amines is 1. The number of likely N-dealkylation sites (tertiary alicyclic amines) is 1. The van der Waals surface area contributed by atoms with Gasteiger partial charge in [-0.25, -0.2) is 4.39 Å². The Hall–Kier alpha value is -2.67. The monoisotopic (exact) mass is 373 g/mol. The number of rotatable bonds is 7. The Kier molecular flexibility index (Phi) is 5.91. The van der Waals surface area contributed by atoms with Crippen LogP contribution in [0, 0.1) is 5.82 Å². The second-order valence-corrected chi connectivity index (χ2v) is 6.87. The molecule has 0 aliphatic carbocycles. The predicted molar refractivity (Wildman–Crippen MR) is 99.5 cm³/mol. The number of amides is 1. The molecule has 144 valence electrons. The standard InChI is InChI=1S/C20H24FN3O3/c1-23(12-14-5-6-19(27-2)16(21)9-14)13-18(25)15-10-17(22-11-15)20(26)24-7-3-4-8-24/h5-6,9-11,22H,3-4,7-8,12-13H2,1-2H3. The van der Waals surface area contributed by atoms with E-state index in [2.05, 4.69) is 4.98 Å². The zero-order chi connectivity index (χ0) is 19.4. The fourth-order valence-corrected chi connectivity index (χ4v) is 3.28. The number of carbonyl (C=O) groups excluding carboxylic acids is 2. The third-order valence-electron chi connectivity index (χ3n) is 4.71. The number of likely N-dealkylation sites (N-methyl/N-ethyl adjacent to an activating group) is 1. The highest BCUT2D eigenvalue weighted by molar-refractivity contribution is 6.01. The average Bonchev–Trinajstić information content (AvgIpc) is 3.33. The molecule has 0 saturated carbocycles. The smallest absolute Gasteiger partial charge is 0.270 e. The minimum absolute atomic E-state index is 0.0615. The van der Waals surface area contributed by atoms with Gasteiger partial charge in [0.25, 0.3) is 5.91 Å². The number of hydrogen-bond donors (Lipinski definition) is 1. The van der Waals surface area contributed by atoms with E-state index in [4.69, 9.17) is 4.74 Å². The summed E-state index contributed by atoms with van der Waals surface area (Å²) in [6, 6.07) is 6.36. The van der Waals surface area contributed by atoms with Crippen molar-refractivity contribution in [2.24, 2.45) is 0 Å². The fourth-order valence-electron chi connectivity index (χ4n) is 3.28. The quantitative estimate of drug-likeness (QED) is 0.758. The largest absolute Gasteiger partial charge is 0.494 e. The van der Waals surface area contributed by atoms with Gasteiger partial charge in [-0.15, -0.1) is 0 Å². The molecule has 1 saturated heterocycles. The molecule has 0 radical (unpaired) electrons. The van der Waals surface area contributed by atoms with Gasteiger partial charge in [0.2, 0.25) is 0 Å². The third kappa shape index (κ3) is 4.54. The van der Waals surface area contributed by atoms with Gasteiger partial charge in [-0.05, 0) is 43.7 Å². The van der Waals surface area contributed by atoms with E-state index in [1.807, 2.05) is 0 Å². The van der Waals surface area contributed by atoms with Crippen LogP contribution < -0.4 is 4.74 Å². The van der Waals surface area contributed by atoms with Crippen LogP contribution in [0.5, 0.6) is 5.75 Å². The second-order valence-electron chi connectivity index (χ2n) is 6.87. The van der Waals surface area contributed by atoms with Crippen LogP contribution in [-0.4, -0.2) is 60.3 Å². The van der Waals surface area contributed by atoms with Gasteiger partial charge in [0, 0.05) is 31.4 Å². The van der Waals surface area contributed by atoms with Crippen LogP contribution in [-0.2, 0) is 6.54 Å². The van der Waals surface area contributed by atoms with E-state index >= 15 is 0 Å². The summed E-state index contributed by atoms with van der Waals surface area (Å²) in [5, 5.41) is 0. The predicted octanol–water partition coefficient (Wildman–Crippen LogP) is 2.71. The highest BCUT2D eigenvalue weighted by Gasteiger charge is 2.22. The van der Waals surface area contributed by atoms with Crippen molar-refractivity contribution in [3.05, 3.63) is 53.1 Å². The summed E-state index contributed by atoms with van der Waals surface area (Å²) >= 11 is 0. The summed E-state index contributed by atoms with van der Waals surface area (Å²) in [6.07, 6.45) is 3.62. The van der Waals surface area contributed by atoms with Crippen LogP contribution in [0.4, 0.5) is 4.39 Å². The number of benzene rings is 1. The van der Waals surface area contributed by atoms with Gasteiger partial charge in [-0.2, -0.15) is 0 Å². The van der Waals surface area contributed by atoms with Crippen molar-refractivity contribution in [1.29, 1.82) is 0 Å². The van der Waals surface area contributed by atoms with Crippen molar-refractivity contribution in [1.82, 2.24) is 14.8 Å². The zero-order valence-corrected chi connectivity index (χ0v) is 15.6. The summed E-state index contributed by atoms with van der Waals surface area (Å²) in [6.45, 7) is 2.13. The van der Waals surface area contributed by atoms with Gasteiger partial charge < -0.3 is 14.6 Å². The molecular weight excluding hydrogens is 349 g/mol. The van der Waals surface area contributed by atoms with Crippen molar-refractivity contribution in [2.75, 3.05) is 33.8 Å².